The van der Waals surface area contributed by atoms with Gasteiger partial charge >= 0.3 is 6.18 Å². The minimum Gasteiger partial charge on any atom is -0.369 e. The molecule has 0 saturated heterocycles. The Balaban J connectivity index is 2.37. The van der Waals surface area contributed by atoms with Crippen LogP contribution in [0.25, 0.3) is 0 Å². The van der Waals surface area contributed by atoms with Gasteiger partial charge in [-0.15, -0.1) is 0 Å². The highest BCUT2D eigenvalue weighted by Gasteiger charge is 2.41. The van der Waals surface area contributed by atoms with E-state index in [4.69, 9.17) is 11.6 Å². The summed E-state index contributed by atoms with van der Waals surface area (Å²) in [5.74, 6) is 0. The topological polar surface area (TPSA) is 12.0 Å². The summed E-state index contributed by atoms with van der Waals surface area (Å²) in [7, 11) is 0. The van der Waals surface area contributed by atoms with Gasteiger partial charge in [0.15, 0.2) is 0 Å². The van der Waals surface area contributed by atoms with Gasteiger partial charge < -0.3 is 5.32 Å². The van der Waals surface area contributed by atoms with Crippen molar-refractivity contribution in [2.45, 2.75) is 12.2 Å². The molecule has 1 N–H and O–H groups in total. The lowest BCUT2D eigenvalue weighted by Crippen LogP contribution is -2.28. The van der Waals surface area contributed by atoms with Gasteiger partial charge in [-0.2, -0.15) is 13.2 Å². The van der Waals surface area contributed by atoms with Crippen LogP contribution in [0.4, 0.5) is 18.9 Å². The zero-order valence-electron chi connectivity index (χ0n) is 10.1. The molecule has 1 atom stereocenters. The average Bonchev–Trinajstić information content (AvgIpc) is 2.39. The van der Waals surface area contributed by atoms with E-state index in [1.165, 1.54) is 18.2 Å². The van der Waals surface area contributed by atoms with Crippen LogP contribution in [0.5, 0.6) is 0 Å². The molecule has 0 aliphatic rings. The summed E-state index contributed by atoms with van der Waals surface area (Å²) in [6.45, 7) is 0. The van der Waals surface area contributed by atoms with E-state index >= 15 is 0 Å². The second kappa shape index (κ2) is 6.06. The maximum Gasteiger partial charge on any atom is 0.412 e. The van der Waals surface area contributed by atoms with Crippen molar-refractivity contribution in [2.75, 3.05) is 5.32 Å². The second-order valence-electron chi connectivity index (χ2n) is 4.15. The fraction of sp³-hybridized carbons (Fsp3) is 0.143. The molecule has 0 aliphatic heterocycles. The van der Waals surface area contributed by atoms with E-state index in [0.29, 0.717) is 15.2 Å². The Morgan fingerprint density at radius 3 is 2.30 bits per heavy atom. The Kier molecular flexibility index (Phi) is 4.60. The molecule has 1 nitrogen and oxygen atoms in total. The molecule has 106 valence electrons. The highest BCUT2D eigenvalue weighted by molar-refractivity contribution is 9.10. The molecule has 1 unspecified atom stereocenters. The van der Waals surface area contributed by atoms with Gasteiger partial charge in [-0.25, -0.2) is 0 Å². The van der Waals surface area contributed by atoms with Crippen molar-refractivity contribution < 1.29 is 13.2 Å². The van der Waals surface area contributed by atoms with Crippen molar-refractivity contribution in [3.8, 4) is 0 Å². The van der Waals surface area contributed by atoms with E-state index < -0.39 is 12.2 Å². The number of hydrogen-bond acceptors (Lipinski definition) is 1. The molecule has 0 bridgehead atoms. The van der Waals surface area contributed by atoms with E-state index in [0.717, 1.165) is 0 Å². The number of hydrogen-bond donors (Lipinski definition) is 1. The molecule has 0 fully saturated rings. The highest BCUT2D eigenvalue weighted by atomic mass is 79.9. The molecule has 0 amide bonds. The first-order valence-corrected chi connectivity index (χ1v) is 6.88. The van der Waals surface area contributed by atoms with Gasteiger partial charge in [0.2, 0.25) is 0 Å². The maximum absolute atomic E-state index is 13.2. The molecule has 20 heavy (non-hydrogen) atoms. The predicted molar refractivity (Wildman–Crippen MR) is 78.0 cm³/mol. The van der Waals surface area contributed by atoms with Crippen LogP contribution in [-0.2, 0) is 0 Å². The number of nitrogens with one attached hydrogen (secondary N) is 1. The molecule has 0 aromatic heterocycles. The lowest BCUT2D eigenvalue weighted by atomic mass is 10.1. The SMILES string of the molecule is FC(F)(F)C(Nc1cc(Cl)ccc1Br)c1ccccc1. The fourth-order valence-electron chi connectivity index (χ4n) is 1.76. The first kappa shape index (κ1) is 15.2. The van der Waals surface area contributed by atoms with Gasteiger partial charge in [0.05, 0.1) is 5.69 Å². The third-order valence-corrected chi connectivity index (χ3v) is 3.62. The normalized spacial score (nSPS) is 13.1. The lowest BCUT2D eigenvalue weighted by Gasteiger charge is -2.23. The predicted octanol–water partition coefficient (Wildman–Crippen LogP) is 5.82. The molecule has 2 aromatic rings. The maximum atomic E-state index is 13.2. The first-order chi connectivity index (χ1) is 9.38. The molecule has 6 heteroatoms. The molecule has 0 radical (unpaired) electrons. The van der Waals surface area contributed by atoms with E-state index in [2.05, 4.69) is 21.2 Å². The summed E-state index contributed by atoms with van der Waals surface area (Å²) in [6, 6.07) is 10.5. The van der Waals surface area contributed by atoms with Crippen LogP contribution in [0.1, 0.15) is 11.6 Å². The van der Waals surface area contributed by atoms with E-state index in [9.17, 15) is 13.2 Å². The van der Waals surface area contributed by atoms with Crippen LogP contribution in [0.2, 0.25) is 5.02 Å². The zero-order valence-corrected chi connectivity index (χ0v) is 12.4. The Morgan fingerprint density at radius 1 is 1.05 bits per heavy atom. The van der Waals surface area contributed by atoms with Gasteiger partial charge in [0.1, 0.15) is 6.04 Å². The standard InChI is InChI=1S/C14H10BrClF3N/c15-11-7-6-10(16)8-12(11)20-13(14(17,18)19)9-4-2-1-3-5-9/h1-8,13,20H. The van der Waals surface area contributed by atoms with Crippen LogP contribution in [-0.4, -0.2) is 6.18 Å². The Bertz CT molecular complexity index is 587. The van der Waals surface area contributed by atoms with Crippen molar-refractivity contribution in [3.63, 3.8) is 0 Å². The van der Waals surface area contributed by atoms with Gasteiger partial charge in [-0.3, -0.25) is 0 Å². The minimum absolute atomic E-state index is 0.145. The molecule has 0 heterocycles. The van der Waals surface area contributed by atoms with Crippen LogP contribution in [0.3, 0.4) is 0 Å². The minimum atomic E-state index is -4.41. The summed E-state index contributed by atoms with van der Waals surface area (Å²) in [5, 5.41) is 2.85. The number of benzene rings is 2. The van der Waals surface area contributed by atoms with Gasteiger partial charge in [-0.05, 0) is 39.7 Å². The molecular formula is C14H10BrClF3N. The fourth-order valence-corrected chi connectivity index (χ4v) is 2.30. The third kappa shape index (κ3) is 3.67. The van der Waals surface area contributed by atoms with Gasteiger partial charge in [0.25, 0.3) is 0 Å². The Morgan fingerprint density at radius 2 is 1.70 bits per heavy atom. The lowest BCUT2D eigenvalue weighted by molar-refractivity contribution is -0.144. The zero-order chi connectivity index (χ0) is 14.8. The third-order valence-electron chi connectivity index (χ3n) is 2.69. The molecule has 0 saturated carbocycles. The summed E-state index contributed by atoms with van der Waals surface area (Å²) in [6.07, 6.45) is -4.41. The smallest absolute Gasteiger partial charge is 0.369 e. The van der Waals surface area contributed by atoms with Crippen LogP contribution in [0, 0.1) is 0 Å². The summed E-state index contributed by atoms with van der Waals surface area (Å²) in [4.78, 5) is 0. The number of halogens is 5. The molecule has 0 aliphatic carbocycles. The Labute approximate surface area is 127 Å². The summed E-state index contributed by atoms with van der Waals surface area (Å²) < 4.78 is 40.2. The van der Waals surface area contributed by atoms with E-state index in [-0.39, 0.29) is 5.56 Å². The van der Waals surface area contributed by atoms with E-state index in [1.807, 2.05) is 0 Å². The van der Waals surface area contributed by atoms with Crippen LogP contribution < -0.4 is 5.32 Å². The van der Waals surface area contributed by atoms with E-state index in [1.54, 1.807) is 30.3 Å². The average molecular weight is 365 g/mol. The van der Waals surface area contributed by atoms with Crippen LogP contribution in [0.15, 0.2) is 53.0 Å². The first-order valence-electron chi connectivity index (χ1n) is 5.71. The van der Waals surface area contributed by atoms with Crippen molar-refractivity contribution in [3.05, 3.63) is 63.6 Å². The monoisotopic (exact) mass is 363 g/mol. The van der Waals surface area contributed by atoms with Gasteiger partial charge in [0, 0.05) is 9.50 Å². The number of alkyl halides is 3. The molecule has 2 aromatic carbocycles. The second-order valence-corrected chi connectivity index (χ2v) is 5.44. The van der Waals surface area contributed by atoms with Crippen molar-refractivity contribution in [1.82, 2.24) is 0 Å². The van der Waals surface area contributed by atoms with Crippen LogP contribution >= 0.6 is 27.5 Å². The number of rotatable bonds is 3. The number of anilines is 1. The summed E-state index contributed by atoms with van der Waals surface area (Å²) in [5.41, 5.74) is 0.440. The molecule has 0 spiro atoms. The summed E-state index contributed by atoms with van der Waals surface area (Å²) >= 11 is 9.03. The van der Waals surface area contributed by atoms with Crippen molar-refractivity contribution in [1.29, 1.82) is 0 Å². The van der Waals surface area contributed by atoms with Gasteiger partial charge in [-0.1, -0.05) is 41.9 Å². The molecule has 2 rings (SSSR count). The highest BCUT2D eigenvalue weighted by Crippen LogP contribution is 2.37. The van der Waals surface area contributed by atoms with Crippen molar-refractivity contribution in [2.24, 2.45) is 0 Å². The molecular weight excluding hydrogens is 355 g/mol. The largest absolute Gasteiger partial charge is 0.412 e. The Hall–Kier alpha value is -1.20. The quantitative estimate of drug-likeness (QED) is 0.724. The van der Waals surface area contributed by atoms with Crippen molar-refractivity contribution >= 4 is 33.2 Å².